The molecular formula is C41H52N12O5. The van der Waals surface area contributed by atoms with Crippen molar-refractivity contribution in [2.75, 3.05) is 13.1 Å². The number of aliphatic imine (C=N–C) groups is 2. The Labute approximate surface area is 335 Å². The number of rotatable bonds is 21. The van der Waals surface area contributed by atoms with Gasteiger partial charge in [0.2, 0.25) is 17.7 Å². The normalized spacial score (nSPS) is 13.1. The average Bonchev–Trinajstić information content (AvgIpc) is 3.82. The lowest BCUT2D eigenvalue weighted by Gasteiger charge is -2.26. The number of hydrogen-bond acceptors (Lipinski definition) is 8. The minimum atomic E-state index is -1.18. The molecule has 5 rings (SSSR count). The van der Waals surface area contributed by atoms with Gasteiger partial charge < -0.3 is 59.3 Å². The van der Waals surface area contributed by atoms with E-state index in [0.29, 0.717) is 12.8 Å². The number of hydrogen-bond donors (Lipinski definition) is 10. The lowest BCUT2D eigenvalue weighted by molar-refractivity contribution is -0.149. The standard InChI is InChI=1S/C41H52N12O5/c42-30(14-8-18-47-40(43)44)36(54)52-34(20-26-22-49-31-15-6-4-12-28(26)31)38(56)51-33(17-9-19-48-41(45)46)37(55)53-35(39(57)58-24-25-10-2-1-3-11-25)21-27-23-50-32-16-7-5-13-29(27)32/h1-7,10-13,15-16,22-23,30,33-35,49-50H,8-9,14,17-21,24,42H2,(H,51,56)(H,52,54)(H,53,55)(H4,43,44,47)(H4,45,46,48)/t30-,33+,34-,35+/m0/s1. The van der Waals surface area contributed by atoms with Crippen molar-refractivity contribution in [2.24, 2.45) is 38.7 Å². The topological polar surface area (TPSA) is 300 Å². The maximum atomic E-state index is 14.3. The van der Waals surface area contributed by atoms with Gasteiger partial charge in [0.1, 0.15) is 24.7 Å². The summed E-state index contributed by atoms with van der Waals surface area (Å²) in [6, 6.07) is 19.9. The molecule has 3 aromatic carbocycles. The van der Waals surface area contributed by atoms with Gasteiger partial charge in [-0.25, -0.2) is 4.79 Å². The zero-order valence-electron chi connectivity index (χ0n) is 32.2. The van der Waals surface area contributed by atoms with Gasteiger partial charge in [0.25, 0.3) is 0 Å². The zero-order valence-corrected chi connectivity index (χ0v) is 32.2. The van der Waals surface area contributed by atoms with Gasteiger partial charge in [-0.15, -0.1) is 0 Å². The Morgan fingerprint density at radius 1 is 0.603 bits per heavy atom. The number of nitrogens with zero attached hydrogens (tertiary/aromatic N) is 2. The minimum Gasteiger partial charge on any atom is -0.459 e. The number of carbonyl (C=O) groups excluding carboxylic acids is 4. The van der Waals surface area contributed by atoms with Crippen molar-refractivity contribution in [1.29, 1.82) is 0 Å². The van der Waals surface area contributed by atoms with E-state index in [1.54, 1.807) is 12.4 Å². The number of benzene rings is 3. The molecule has 17 heteroatoms. The molecule has 4 atom stereocenters. The largest absolute Gasteiger partial charge is 0.459 e. The molecule has 2 heterocycles. The van der Waals surface area contributed by atoms with Gasteiger partial charge >= 0.3 is 5.97 Å². The summed E-state index contributed by atoms with van der Waals surface area (Å²) in [6.07, 6.45) is 4.77. The summed E-state index contributed by atoms with van der Waals surface area (Å²) < 4.78 is 5.70. The van der Waals surface area contributed by atoms with E-state index in [4.69, 9.17) is 33.4 Å². The molecule has 2 aromatic heterocycles. The fraction of sp³-hybridized carbons (Fsp3) is 0.317. The molecule has 0 saturated carbocycles. The number of nitrogens with one attached hydrogen (secondary N) is 5. The summed E-state index contributed by atoms with van der Waals surface area (Å²) in [7, 11) is 0. The highest BCUT2D eigenvalue weighted by atomic mass is 16.5. The maximum Gasteiger partial charge on any atom is 0.329 e. The number of H-pyrrole nitrogens is 2. The first-order valence-electron chi connectivity index (χ1n) is 19.1. The molecule has 306 valence electrons. The van der Waals surface area contributed by atoms with Gasteiger partial charge in [0, 0.05) is 60.1 Å². The van der Waals surface area contributed by atoms with E-state index in [1.807, 2.05) is 78.9 Å². The first-order valence-corrected chi connectivity index (χ1v) is 19.1. The van der Waals surface area contributed by atoms with Crippen LogP contribution in [0.1, 0.15) is 42.4 Å². The number of amides is 3. The summed E-state index contributed by atoms with van der Waals surface area (Å²) >= 11 is 0. The van der Waals surface area contributed by atoms with Crippen LogP contribution >= 0.6 is 0 Å². The molecule has 0 aliphatic rings. The SMILES string of the molecule is NC(N)=NCCC[C@H](N)C(=O)N[C@@H](Cc1c[nH]c2ccccc12)C(=O)N[C@H](CCCN=C(N)N)C(=O)N[C@H](Cc1c[nH]c2ccccc12)C(=O)OCc1ccccc1. The Bertz CT molecular complexity index is 2210. The molecule has 0 aliphatic heterocycles. The molecule has 0 aliphatic carbocycles. The third kappa shape index (κ3) is 12.3. The lowest BCUT2D eigenvalue weighted by atomic mass is 10.0. The highest BCUT2D eigenvalue weighted by molar-refractivity contribution is 5.95. The summed E-state index contributed by atoms with van der Waals surface area (Å²) in [6.45, 7) is 0.439. The Hall–Kier alpha value is -6.88. The molecule has 0 radical (unpaired) electrons. The number of esters is 1. The molecule has 0 saturated heterocycles. The number of guanidine groups is 2. The van der Waals surface area contributed by atoms with Crippen molar-refractivity contribution in [3.8, 4) is 0 Å². The second-order valence-electron chi connectivity index (χ2n) is 13.9. The van der Waals surface area contributed by atoms with Crippen LogP contribution in [0.15, 0.2) is 101 Å². The van der Waals surface area contributed by atoms with E-state index in [0.717, 1.165) is 38.5 Å². The zero-order chi connectivity index (χ0) is 41.4. The van der Waals surface area contributed by atoms with Crippen molar-refractivity contribution in [2.45, 2.75) is 69.3 Å². The van der Waals surface area contributed by atoms with Gasteiger partial charge in [0.15, 0.2) is 11.9 Å². The van der Waals surface area contributed by atoms with Crippen LogP contribution in [0.4, 0.5) is 0 Å². The van der Waals surface area contributed by atoms with Crippen LogP contribution < -0.4 is 44.6 Å². The number of aromatic amines is 2. The second kappa shape index (κ2) is 20.9. The minimum absolute atomic E-state index is 0.00967. The number of nitrogens with two attached hydrogens (primary N) is 5. The molecule has 0 unspecified atom stereocenters. The summed E-state index contributed by atoms with van der Waals surface area (Å²) in [5, 5.41) is 10.2. The Morgan fingerprint density at radius 2 is 1.09 bits per heavy atom. The van der Waals surface area contributed by atoms with E-state index < -0.39 is 47.9 Å². The number of aromatic nitrogens is 2. The molecule has 15 N–H and O–H groups in total. The van der Waals surface area contributed by atoms with Crippen molar-refractivity contribution in [1.82, 2.24) is 25.9 Å². The van der Waals surface area contributed by atoms with E-state index in [9.17, 15) is 19.2 Å². The molecular weight excluding hydrogens is 741 g/mol. The molecule has 0 bridgehead atoms. The van der Waals surface area contributed by atoms with Crippen LogP contribution in [-0.4, -0.2) is 82.8 Å². The Morgan fingerprint density at radius 3 is 1.67 bits per heavy atom. The highest BCUT2D eigenvalue weighted by Crippen LogP contribution is 2.21. The van der Waals surface area contributed by atoms with Crippen molar-refractivity contribution in [3.63, 3.8) is 0 Å². The third-order valence-corrected chi connectivity index (χ3v) is 9.54. The van der Waals surface area contributed by atoms with Crippen LogP contribution in [0.2, 0.25) is 0 Å². The number of fused-ring (bicyclic) bond motifs is 2. The summed E-state index contributed by atoms with van der Waals surface area (Å²) in [5.74, 6) is -2.72. The quantitative estimate of drug-likeness (QED) is 0.0218. The Balaban J connectivity index is 1.38. The van der Waals surface area contributed by atoms with Crippen LogP contribution in [0.25, 0.3) is 21.8 Å². The van der Waals surface area contributed by atoms with Crippen LogP contribution in [0.3, 0.4) is 0 Å². The molecule has 5 aromatic rings. The smallest absolute Gasteiger partial charge is 0.329 e. The monoisotopic (exact) mass is 792 g/mol. The fourth-order valence-corrected chi connectivity index (χ4v) is 6.52. The number of para-hydroxylation sites is 2. The van der Waals surface area contributed by atoms with Crippen LogP contribution in [0, 0.1) is 0 Å². The molecule has 3 amide bonds. The first kappa shape index (κ1) is 42.3. The lowest BCUT2D eigenvalue weighted by Crippen LogP contribution is -2.58. The fourth-order valence-electron chi connectivity index (χ4n) is 6.52. The van der Waals surface area contributed by atoms with E-state index >= 15 is 0 Å². The summed E-state index contributed by atoms with van der Waals surface area (Å²) in [5.41, 5.74) is 32.2. The van der Waals surface area contributed by atoms with Gasteiger partial charge in [-0.05, 0) is 54.5 Å². The number of ether oxygens (including phenoxy) is 1. The molecule has 0 spiro atoms. The molecule has 58 heavy (non-hydrogen) atoms. The third-order valence-electron chi connectivity index (χ3n) is 9.54. The van der Waals surface area contributed by atoms with E-state index in [2.05, 4.69) is 35.9 Å². The average molecular weight is 793 g/mol. The molecule has 17 nitrogen and oxygen atoms in total. The maximum absolute atomic E-state index is 14.3. The van der Waals surface area contributed by atoms with Crippen molar-refractivity contribution < 1.29 is 23.9 Å². The molecule has 0 fully saturated rings. The van der Waals surface area contributed by atoms with E-state index in [1.165, 1.54) is 0 Å². The highest BCUT2D eigenvalue weighted by Gasteiger charge is 2.32. The van der Waals surface area contributed by atoms with Crippen LogP contribution in [-0.2, 0) is 43.4 Å². The second-order valence-corrected chi connectivity index (χ2v) is 13.9. The Kier molecular flexibility index (Phi) is 15.2. The van der Waals surface area contributed by atoms with E-state index in [-0.39, 0.29) is 57.3 Å². The van der Waals surface area contributed by atoms with Crippen molar-refractivity contribution in [3.05, 3.63) is 108 Å². The van der Waals surface area contributed by atoms with Gasteiger partial charge in [0.05, 0.1) is 6.04 Å². The van der Waals surface area contributed by atoms with Gasteiger partial charge in [-0.3, -0.25) is 24.4 Å². The predicted octanol–water partition coefficient (Wildman–Crippen LogP) is 1.07. The number of carbonyl (C=O) groups is 4. The first-order chi connectivity index (χ1) is 28.0. The van der Waals surface area contributed by atoms with Gasteiger partial charge in [-0.2, -0.15) is 0 Å². The van der Waals surface area contributed by atoms with Crippen molar-refractivity contribution >= 4 is 57.4 Å². The summed E-state index contributed by atoms with van der Waals surface area (Å²) in [4.78, 5) is 70.0. The predicted molar refractivity (Wildman–Crippen MR) is 224 cm³/mol. The van der Waals surface area contributed by atoms with Gasteiger partial charge in [-0.1, -0.05) is 66.7 Å². The van der Waals surface area contributed by atoms with Crippen LogP contribution in [0.5, 0.6) is 0 Å².